The summed E-state index contributed by atoms with van der Waals surface area (Å²) < 4.78 is 0. The normalized spacial score (nSPS) is 14.4. The maximum absolute atomic E-state index is 11.0. The van der Waals surface area contributed by atoms with Gasteiger partial charge in [0.25, 0.3) is 5.69 Å². The van der Waals surface area contributed by atoms with E-state index in [1.807, 2.05) is 0 Å². The molecule has 6 heteroatoms. The van der Waals surface area contributed by atoms with Crippen molar-refractivity contribution in [2.75, 3.05) is 11.9 Å². The Morgan fingerprint density at radius 1 is 1.53 bits per heavy atom. The third-order valence-corrected chi connectivity index (χ3v) is 2.72. The first-order valence-corrected chi connectivity index (χ1v) is 5.33. The topological polar surface area (TPSA) is 92.5 Å². The summed E-state index contributed by atoms with van der Waals surface area (Å²) in [4.78, 5) is 21.0. The SMILES string of the molecule is O=C(O)c1ccc([N+](=O)[O-])cc1NCC1CC1. The number of nitro benzene ring substituents is 1. The molecule has 0 aromatic heterocycles. The summed E-state index contributed by atoms with van der Waals surface area (Å²) in [6, 6.07) is 3.73. The van der Waals surface area contributed by atoms with Crippen LogP contribution in [0, 0.1) is 16.0 Å². The third-order valence-electron chi connectivity index (χ3n) is 2.72. The van der Waals surface area contributed by atoms with Crippen LogP contribution in [0.25, 0.3) is 0 Å². The highest BCUT2D eigenvalue weighted by Crippen LogP contribution is 2.30. The number of benzene rings is 1. The van der Waals surface area contributed by atoms with Crippen LogP contribution in [0.15, 0.2) is 18.2 Å². The largest absolute Gasteiger partial charge is 0.478 e. The van der Waals surface area contributed by atoms with Gasteiger partial charge in [-0.2, -0.15) is 0 Å². The molecule has 1 aromatic rings. The van der Waals surface area contributed by atoms with Gasteiger partial charge in [0.15, 0.2) is 0 Å². The minimum Gasteiger partial charge on any atom is -0.478 e. The Morgan fingerprint density at radius 2 is 2.24 bits per heavy atom. The Kier molecular flexibility index (Phi) is 2.95. The van der Waals surface area contributed by atoms with Crippen molar-refractivity contribution in [3.63, 3.8) is 0 Å². The molecule has 0 amide bonds. The van der Waals surface area contributed by atoms with Gasteiger partial charge in [0.05, 0.1) is 16.2 Å². The monoisotopic (exact) mass is 236 g/mol. The quantitative estimate of drug-likeness (QED) is 0.603. The second-order valence-corrected chi connectivity index (χ2v) is 4.12. The van der Waals surface area contributed by atoms with Gasteiger partial charge in [0.2, 0.25) is 0 Å². The molecular formula is C11H12N2O4. The molecule has 17 heavy (non-hydrogen) atoms. The van der Waals surface area contributed by atoms with Crippen LogP contribution in [-0.4, -0.2) is 22.5 Å². The van der Waals surface area contributed by atoms with Crippen molar-refractivity contribution < 1.29 is 14.8 Å². The van der Waals surface area contributed by atoms with Crippen molar-refractivity contribution in [2.24, 2.45) is 5.92 Å². The molecule has 0 heterocycles. The molecule has 1 saturated carbocycles. The van der Waals surface area contributed by atoms with E-state index >= 15 is 0 Å². The first kappa shape index (κ1) is 11.4. The van der Waals surface area contributed by atoms with Crippen LogP contribution < -0.4 is 5.32 Å². The van der Waals surface area contributed by atoms with Gasteiger partial charge < -0.3 is 10.4 Å². The summed E-state index contributed by atoms with van der Waals surface area (Å²) in [5.74, 6) is -0.519. The minimum atomic E-state index is -1.09. The average molecular weight is 236 g/mol. The summed E-state index contributed by atoms with van der Waals surface area (Å²) >= 11 is 0. The Balaban J connectivity index is 2.24. The molecule has 90 valence electrons. The van der Waals surface area contributed by atoms with Crippen LogP contribution in [0.3, 0.4) is 0 Å². The number of nitrogens with zero attached hydrogens (tertiary/aromatic N) is 1. The fraction of sp³-hybridized carbons (Fsp3) is 0.364. The number of nitro groups is 1. The number of carbonyl (C=O) groups is 1. The molecule has 2 rings (SSSR count). The molecule has 0 spiro atoms. The van der Waals surface area contributed by atoms with Gasteiger partial charge in [0, 0.05) is 18.7 Å². The summed E-state index contributed by atoms with van der Waals surface area (Å²) in [5, 5.41) is 22.5. The molecule has 0 aliphatic heterocycles. The lowest BCUT2D eigenvalue weighted by Crippen LogP contribution is -2.09. The maximum Gasteiger partial charge on any atom is 0.337 e. The molecule has 1 aliphatic rings. The molecular weight excluding hydrogens is 224 g/mol. The summed E-state index contributed by atoms with van der Waals surface area (Å²) in [5.41, 5.74) is 0.281. The van der Waals surface area contributed by atoms with Crippen LogP contribution in [0.2, 0.25) is 0 Å². The Hall–Kier alpha value is -2.11. The fourth-order valence-electron chi connectivity index (χ4n) is 1.55. The van der Waals surface area contributed by atoms with Crippen LogP contribution in [-0.2, 0) is 0 Å². The second-order valence-electron chi connectivity index (χ2n) is 4.12. The number of hydrogen-bond acceptors (Lipinski definition) is 4. The molecule has 0 unspecified atom stereocenters. The van der Waals surface area contributed by atoms with Crippen molar-refractivity contribution in [1.29, 1.82) is 0 Å². The standard InChI is InChI=1S/C11H12N2O4/c14-11(15)9-4-3-8(13(16)17)5-10(9)12-6-7-1-2-7/h3-5,7,12H,1-2,6H2,(H,14,15). The zero-order chi connectivity index (χ0) is 12.4. The van der Waals surface area contributed by atoms with Gasteiger partial charge in [-0.05, 0) is 24.8 Å². The molecule has 0 radical (unpaired) electrons. The first-order valence-electron chi connectivity index (χ1n) is 5.33. The molecule has 2 N–H and O–H groups in total. The van der Waals surface area contributed by atoms with E-state index in [-0.39, 0.29) is 11.3 Å². The van der Waals surface area contributed by atoms with Gasteiger partial charge >= 0.3 is 5.97 Å². The predicted molar refractivity (Wildman–Crippen MR) is 61.3 cm³/mol. The van der Waals surface area contributed by atoms with E-state index in [0.717, 1.165) is 12.8 Å². The highest BCUT2D eigenvalue weighted by atomic mass is 16.6. The van der Waals surface area contributed by atoms with Crippen molar-refractivity contribution in [2.45, 2.75) is 12.8 Å². The predicted octanol–water partition coefficient (Wildman–Crippen LogP) is 2.11. The molecule has 0 atom stereocenters. The number of carboxylic acids is 1. The van der Waals surface area contributed by atoms with E-state index in [9.17, 15) is 14.9 Å². The van der Waals surface area contributed by atoms with Crippen molar-refractivity contribution in [3.05, 3.63) is 33.9 Å². The molecule has 0 saturated heterocycles. The maximum atomic E-state index is 11.0. The smallest absolute Gasteiger partial charge is 0.337 e. The highest BCUT2D eigenvalue weighted by molar-refractivity contribution is 5.94. The molecule has 1 aromatic carbocycles. The first-order chi connectivity index (χ1) is 8.08. The van der Waals surface area contributed by atoms with Crippen LogP contribution >= 0.6 is 0 Å². The summed E-state index contributed by atoms with van der Waals surface area (Å²) in [6.07, 6.45) is 2.26. The average Bonchev–Trinajstić information content (AvgIpc) is 3.09. The van der Waals surface area contributed by atoms with E-state index in [4.69, 9.17) is 5.11 Å². The van der Waals surface area contributed by atoms with Gasteiger partial charge in [0.1, 0.15) is 0 Å². The van der Waals surface area contributed by atoms with Crippen molar-refractivity contribution >= 4 is 17.3 Å². The number of nitrogens with one attached hydrogen (secondary N) is 1. The summed E-state index contributed by atoms with van der Waals surface area (Å²) in [6.45, 7) is 0.668. The van der Waals surface area contributed by atoms with Gasteiger partial charge in [-0.15, -0.1) is 0 Å². The number of hydrogen-bond donors (Lipinski definition) is 2. The fourth-order valence-corrected chi connectivity index (χ4v) is 1.55. The molecule has 1 aliphatic carbocycles. The Labute approximate surface area is 97.4 Å². The molecule has 6 nitrogen and oxygen atoms in total. The zero-order valence-electron chi connectivity index (χ0n) is 9.05. The van der Waals surface area contributed by atoms with Crippen molar-refractivity contribution in [1.82, 2.24) is 0 Å². The lowest BCUT2D eigenvalue weighted by Gasteiger charge is -2.08. The molecule has 0 bridgehead atoms. The molecule has 1 fully saturated rings. The van der Waals surface area contributed by atoms with Gasteiger partial charge in [-0.3, -0.25) is 10.1 Å². The number of carboxylic acid groups (broad SMARTS) is 1. The van der Waals surface area contributed by atoms with E-state index in [0.29, 0.717) is 18.2 Å². The van der Waals surface area contributed by atoms with Crippen LogP contribution in [0.5, 0.6) is 0 Å². The van der Waals surface area contributed by atoms with Gasteiger partial charge in [-0.1, -0.05) is 0 Å². The lowest BCUT2D eigenvalue weighted by atomic mass is 10.1. The summed E-state index contributed by atoms with van der Waals surface area (Å²) in [7, 11) is 0. The van der Waals surface area contributed by atoms with E-state index in [2.05, 4.69) is 5.32 Å². The lowest BCUT2D eigenvalue weighted by molar-refractivity contribution is -0.384. The number of non-ortho nitro benzene ring substituents is 1. The van der Waals surface area contributed by atoms with Crippen LogP contribution in [0.4, 0.5) is 11.4 Å². The van der Waals surface area contributed by atoms with E-state index in [1.54, 1.807) is 0 Å². The Morgan fingerprint density at radius 3 is 2.76 bits per heavy atom. The number of aromatic carboxylic acids is 1. The zero-order valence-corrected chi connectivity index (χ0v) is 9.05. The van der Waals surface area contributed by atoms with E-state index in [1.165, 1.54) is 18.2 Å². The minimum absolute atomic E-state index is 0.0660. The van der Waals surface area contributed by atoms with E-state index < -0.39 is 10.9 Å². The highest BCUT2D eigenvalue weighted by Gasteiger charge is 2.22. The Bertz CT molecular complexity index is 469. The van der Waals surface area contributed by atoms with Crippen molar-refractivity contribution in [3.8, 4) is 0 Å². The second kappa shape index (κ2) is 4.40. The van der Waals surface area contributed by atoms with Gasteiger partial charge in [-0.25, -0.2) is 4.79 Å². The third kappa shape index (κ3) is 2.72. The number of anilines is 1. The number of rotatable bonds is 5. The van der Waals surface area contributed by atoms with Crippen LogP contribution in [0.1, 0.15) is 23.2 Å².